The van der Waals surface area contributed by atoms with E-state index in [1.165, 1.54) is 22.8 Å². The van der Waals surface area contributed by atoms with E-state index in [0.717, 1.165) is 16.7 Å². The number of hydrogen-bond donors (Lipinski definition) is 0. The first-order valence-corrected chi connectivity index (χ1v) is 14.5. The molecule has 0 bridgehead atoms. The van der Waals surface area contributed by atoms with Crippen molar-refractivity contribution in [1.82, 2.24) is 9.29 Å². The molecule has 202 valence electrons. The minimum atomic E-state index is -3.93. The maximum Gasteiger partial charge on any atom is 0.276 e. The Hall–Kier alpha value is -3.75. The Bertz CT molecular complexity index is 1480. The van der Waals surface area contributed by atoms with Crippen LogP contribution in [0.3, 0.4) is 0 Å². The molecule has 2 aromatic carbocycles. The highest BCUT2D eigenvalue weighted by atomic mass is 32.2. The maximum absolute atomic E-state index is 13.3. The van der Waals surface area contributed by atoms with Gasteiger partial charge in [0.05, 0.1) is 12.5 Å². The van der Waals surface area contributed by atoms with E-state index in [4.69, 9.17) is 0 Å². The number of carbonyl (C=O) groups is 2. The predicted molar refractivity (Wildman–Crippen MR) is 154 cm³/mol. The molecule has 0 saturated carbocycles. The summed E-state index contributed by atoms with van der Waals surface area (Å²) in [5, 5.41) is -0.0897. The zero-order chi connectivity index (χ0) is 28.0. The molecule has 1 aliphatic rings. The summed E-state index contributed by atoms with van der Waals surface area (Å²) in [6, 6.07) is 21.9. The lowest BCUT2D eigenvalue weighted by atomic mass is 9.96. The van der Waals surface area contributed by atoms with Crippen molar-refractivity contribution in [3.8, 4) is 11.1 Å². The summed E-state index contributed by atoms with van der Waals surface area (Å²) in [6.07, 6.45) is 5.54. The van der Waals surface area contributed by atoms with E-state index >= 15 is 0 Å². The van der Waals surface area contributed by atoms with E-state index in [2.05, 4.69) is 9.98 Å². The Morgan fingerprint density at radius 3 is 2.41 bits per heavy atom. The van der Waals surface area contributed by atoms with Crippen LogP contribution in [0.5, 0.6) is 0 Å². The summed E-state index contributed by atoms with van der Waals surface area (Å²) >= 11 is 0. The molecule has 1 unspecified atom stereocenters. The number of rotatable bonds is 7. The van der Waals surface area contributed by atoms with Crippen molar-refractivity contribution >= 4 is 33.5 Å². The first-order valence-electron chi connectivity index (χ1n) is 13.1. The van der Waals surface area contributed by atoms with Gasteiger partial charge in [-0.25, -0.2) is 18.4 Å². The predicted octanol–water partition coefficient (Wildman–Crippen LogP) is 5.44. The van der Waals surface area contributed by atoms with Crippen LogP contribution in [0.25, 0.3) is 16.7 Å². The van der Waals surface area contributed by atoms with Crippen LogP contribution in [0.15, 0.2) is 95.1 Å². The van der Waals surface area contributed by atoms with Gasteiger partial charge in [-0.2, -0.15) is 4.31 Å². The van der Waals surface area contributed by atoms with Crippen LogP contribution < -0.4 is 0 Å². The summed E-state index contributed by atoms with van der Waals surface area (Å²) in [5.41, 5.74) is 3.25. The summed E-state index contributed by atoms with van der Waals surface area (Å²) < 4.78 is 27.5. The van der Waals surface area contributed by atoms with Crippen molar-refractivity contribution in [2.24, 2.45) is 16.8 Å². The van der Waals surface area contributed by atoms with Crippen LogP contribution in [0, 0.1) is 11.8 Å². The van der Waals surface area contributed by atoms with Crippen LogP contribution in [-0.2, 0) is 19.6 Å². The molecule has 39 heavy (non-hydrogen) atoms. The van der Waals surface area contributed by atoms with Crippen LogP contribution in [0.1, 0.15) is 39.2 Å². The fourth-order valence-electron chi connectivity index (χ4n) is 4.60. The molecule has 1 saturated heterocycles. The summed E-state index contributed by atoms with van der Waals surface area (Å²) in [7, 11) is -3.93. The smallest absolute Gasteiger partial charge is 0.276 e. The average Bonchev–Trinajstić information content (AvgIpc) is 3.09. The number of allylic oxidation sites excluding steroid dienone is 1. The Morgan fingerprint density at radius 1 is 1.00 bits per heavy atom. The summed E-state index contributed by atoms with van der Waals surface area (Å²) in [5.74, 6) is -1.28. The van der Waals surface area contributed by atoms with Crippen molar-refractivity contribution in [1.29, 1.82) is 0 Å². The molecule has 7 nitrogen and oxygen atoms in total. The van der Waals surface area contributed by atoms with Crippen molar-refractivity contribution in [3.63, 3.8) is 0 Å². The van der Waals surface area contributed by atoms with Gasteiger partial charge in [0.2, 0.25) is 0 Å². The molecule has 3 aromatic rings. The molecule has 2 heterocycles. The third-order valence-corrected chi connectivity index (χ3v) is 8.58. The molecule has 0 aliphatic carbocycles. The monoisotopic (exact) mass is 543 g/mol. The van der Waals surface area contributed by atoms with Gasteiger partial charge in [-0.15, -0.1) is 0 Å². The molecule has 2 atom stereocenters. The zero-order valence-corrected chi connectivity index (χ0v) is 23.2. The summed E-state index contributed by atoms with van der Waals surface area (Å²) in [6.45, 7) is 5.47. The fourth-order valence-corrected chi connectivity index (χ4v) is 6.16. The van der Waals surface area contributed by atoms with Crippen molar-refractivity contribution in [2.75, 3.05) is 6.54 Å². The highest BCUT2D eigenvalue weighted by Gasteiger charge is 2.36. The molecule has 8 heteroatoms. The molecule has 1 aromatic heterocycles. The standard InChI is InChI=1S/C31H33N3O4S/c1-22(2)18-28(26-13-9-12-25(19-26)24-10-5-4-6-11-24)31(36)33-20-27-16-15-23(3)34(21-29(27)35)39(37,38)30-14-7-8-17-32-30/h4-14,17-20,22-23,27H,15-16,21H2,1-3H3/b28-18-,33-20?/t23-,27?/m1/s1. The highest BCUT2D eigenvalue weighted by Crippen LogP contribution is 2.27. The second kappa shape index (κ2) is 12.4. The number of benzene rings is 2. The first-order chi connectivity index (χ1) is 18.7. The highest BCUT2D eigenvalue weighted by molar-refractivity contribution is 7.89. The molecule has 0 radical (unpaired) electrons. The Morgan fingerprint density at radius 2 is 1.72 bits per heavy atom. The number of sulfonamides is 1. The molecular formula is C31H33N3O4S. The van der Waals surface area contributed by atoms with Gasteiger partial charge in [0.1, 0.15) is 0 Å². The van der Waals surface area contributed by atoms with E-state index in [0.29, 0.717) is 18.4 Å². The number of Topliss-reactive ketones (excluding diaryl/α,β-unsaturated/α-hetero) is 1. The Kier molecular flexibility index (Phi) is 8.99. The van der Waals surface area contributed by atoms with Crippen molar-refractivity contribution in [3.05, 3.63) is 90.6 Å². The topological polar surface area (TPSA) is 96.8 Å². The van der Waals surface area contributed by atoms with Crippen LogP contribution >= 0.6 is 0 Å². The lowest BCUT2D eigenvalue weighted by molar-refractivity contribution is -0.120. The van der Waals surface area contributed by atoms with E-state index in [9.17, 15) is 18.0 Å². The molecule has 0 spiro atoms. The lowest BCUT2D eigenvalue weighted by Crippen LogP contribution is -2.41. The second-order valence-electron chi connectivity index (χ2n) is 10.1. The van der Waals surface area contributed by atoms with Gasteiger partial charge in [-0.3, -0.25) is 9.59 Å². The van der Waals surface area contributed by atoms with E-state index in [1.807, 2.05) is 74.5 Å². The van der Waals surface area contributed by atoms with Gasteiger partial charge in [0.15, 0.2) is 10.8 Å². The van der Waals surface area contributed by atoms with Gasteiger partial charge in [-0.1, -0.05) is 74.5 Å². The Balaban J connectivity index is 1.55. The molecule has 1 fully saturated rings. The van der Waals surface area contributed by atoms with Crippen LogP contribution in [0.4, 0.5) is 0 Å². The molecule has 1 aliphatic heterocycles. The lowest BCUT2D eigenvalue weighted by Gasteiger charge is -2.24. The van der Waals surface area contributed by atoms with Crippen LogP contribution in [0.2, 0.25) is 0 Å². The summed E-state index contributed by atoms with van der Waals surface area (Å²) in [4.78, 5) is 34.7. The minimum absolute atomic E-state index is 0.0897. The number of carbonyl (C=O) groups excluding carboxylic acids is 2. The number of nitrogens with zero attached hydrogens (tertiary/aromatic N) is 3. The second-order valence-corrected chi connectivity index (χ2v) is 11.9. The van der Waals surface area contributed by atoms with Gasteiger partial charge in [-0.05, 0) is 60.6 Å². The number of aliphatic imine (C=N–C) groups is 1. The van der Waals surface area contributed by atoms with E-state index < -0.39 is 27.9 Å². The number of aromatic nitrogens is 1. The zero-order valence-electron chi connectivity index (χ0n) is 22.4. The van der Waals surface area contributed by atoms with Crippen molar-refractivity contribution < 1.29 is 18.0 Å². The largest absolute Gasteiger partial charge is 0.297 e. The van der Waals surface area contributed by atoms with E-state index in [-0.39, 0.29) is 23.3 Å². The quantitative estimate of drug-likeness (QED) is 0.292. The number of amides is 1. The van der Waals surface area contributed by atoms with Gasteiger partial charge >= 0.3 is 0 Å². The molecule has 1 amide bonds. The molecular weight excluding hydrogens is 510 g/mol. The first kappa shape index (κ1) is 28.3. The SMILES string of the molecule is CC(C)/C=C(\C(=O)N=CC1CC[C@@H](C)N(S(=O)(=O)c2ccccn2)CC1=O)c1cccc(-c2ccccc2)c1. The van der Waals surface area contributed by atoms with Crippen molar-refractivity contribution in [2.45, 2.75) is 44.7 Å². The van der Waals surface area contributed by atoms with Gasteiger partial charge in [0, 0.05) is 24.0 Å². The minimum Gasteiger partial charge on any atom is -0.297 e. The molecule has 4 rings (SSSR count). The maximum atomic E-state index is 13.3. The average molecular weight is 544 g/mol. The normalized spacial score (nSPS) is 19.4. The fraction of sp³-hybridized carbons (Fsp3) is 0.290. The third kappa shape index (κ3) is 6.82. The number of hydrogen-bond acceptors (Lipinski definition) is 5. The number of pyridine rings is 1. The van der Waals surface area contributed by atoms with Gasteiger partial charge < -0.3 is 0 Å². The molecule has 0 N–H and O–H groups in total. The van der Waals surface area contributed by atoms with Crippen LogP contribution in [-0.4, -0.2) is 48.2 Å². The third-order valence-electron chi connectivity index (χ3n) is 6.71. The van der Waals surface area contributed by atoms with E-state index in [1.54, 1.807) is 19.1 Å². The Labute approximate surface area is 230 Å². The number of ketones is 1. The van der Waals surface area contributed by atoms with Gasteiger partial charge in [0.25, 0.3) is 15.9 Å².